The number of hydrogen-bond acceptors (Lipinski definition) is 2. The minimum absolute atomic E-state index is 0.0487. The molecule has 0 aromatic heterocycles. The van der Waals surface area contributed by atoms with Gasteiger partial charge in [0.1, 0.15) is 12.4 Å². The molecule has 0 saturated carbocycles. The first-order valence-corrected chi connectivity index (χ1v) is 6.02. The summed E-state index contributed by atoms with van der Waals surface area (Å²) in [5.74, 6) is 3.21. The Morgan fingerprint density at radius 2 is 2.22 bits per heavy atom. The van der Waals surface area contributed by atoms with Crippen molar-refractivity contribution in [1.82, 2.24) is 5.32 Å². The number of carbonyl (C=O) groups is 1. The molecule has 1 aliphatic heterocycles. The lowest BCUT2D eigenvalue weighted by atomic mass is 9.95. The fourth-order valence-electron chi connectivity index (χ4n) is 1.94. The van der Waals surface area contributed by atoms with Crippen LogP contribution < -0.4 is 10.1 Å². The SMILES string of the molecule is C#CC(C)(C)NC(=O)C1COc2ccccc2C1. The zero-order chi connectivity index (χ0) is 13.2. The van der Waals surface area contributed by atoms with Crippen LogP contribution in [0.4, 0.5) is 0 Å². The third-order valence-corrected chi connectivity index (χ3v) is 3.05. The Morgan fingerprint density at radius 3 is 2.94 bits per heavy atom. The number of rotatable bonds is 2. The smallest absolute Gasteiger partial charge is 0.228 e. The van der Waals surface area contributed by atoms with E-state index in [0.717, 1.165) is 11.3 Å². The number of hydrogen-bond donors (Lipinski definition) is 1. The second-order valence-electron chi connectivity index (χ2n) is 5.08. The van der Waals surface area contributed by atoms with Crippen LogP contribution in [-0.4, -0.2) is 18.1 Å². The number of terminal acetylenes is 1. The van der Waals surface area contributed by atoms with Crippen LogP contribution in [0.2, 0.25) is 0 Å². The Bertz CT molecular complexity index is 499. The highest BCUT2D eigenvalue weighted by molar-refractivity contribution is 5.80. The largest absolute Gasteiger partial charge is 0.492 e. The maximum Gasteiger partial charge on any atom is 0.228 e. The van der Waals surface area contributed by atoms with Crippen LogP contribution in [0.5, 0.6) is 5.75 Å². The molecule has 0 spiro atoms. The van der Waals surface area contributed by atoms with Crippen molar-refractivity contribution < 1.29 is 9.53 Å². The molecule has 0 saturated heterocycles. The molecule has 1 atom stereocenters. The topological polar surface area (TPSA) is 38.3 Å². The van der Waals surface area contributed by atoms with Gasteiger partial charge in [0.15, 0.2) is 0 Å². The molecule has 3 heteroatoms. The van der Waals surface area contributed by atoms with E-state index in [4.69, 9.17) is 11.2 Å². The van der Waals surface area contributed by atoms with Gasteiger partial charge in [-0.25, -0.2) is 0 Å². The van der Waals surface area contributed by atoms with Crippen molar-refractivity contribution in [2.24, 2.45) is 5.92 Å². The van der Waals surface area contributed by atoms with Crippen LogP contribution >= 0.6 is 0 Å². The first-order chi connectivity index (χ1) is 8.52. The van der Waals surface area contributed by atoms with Gasteiger partial charge in [-0.1, -0.05) is 24.1 Å². The number of benzene rings is 1. The predicted octanol–water partition coefficient (Wildman–Crippen LogP) is 1.77. The Balaban J connectivity index is 2.06. The number of amides is 1. The Kier molecular flexibility index (Phi) is 3.29. The lowest BCUT2D eigenvalue weighted by Crippen LogP contribution is -2.47. The lowest BCUT2D eigenvalue weighted by molar-refractivity contribution is -0.127. The molecule has 1 heterocycles. The number of para-hydroxylation sites is 1. The van der Waals surface area contributed by atoms with Crippen LogP contribution in [-0.2, 0) is 11.2 Å². The molecule has 1 aromatic rings. The van der Waals surface area contributed by atoms with Gasteiger partial charge in [-0.2, -0.15) is 0 Å². The van der Waals surface area contributed by atoms with E-state index in [-0.39, 0.29) is 11.8 Å². The molecule has 94 valence electrons. The van der Waals surface area contributed by atoms with Gasteiger partial charge >= 0.3 is 0 Å². The van der Waals surface area contributed by atoms with Crippen molar-refractivity contribution in [2.45, 2.75) is 25.8 Å². The second-order valence-corrected chi connectivity index (χ2v) is 5.08. The first-order valence-electron chi connectivity index (χ1n) is 6.02. The molecule has 1 aliphatic rings. The molecule has 1 unspecified atom stereocenters. The zero-order valence-corrected chi connectivity index (χ0v) is 10.7. The molecule has 18 heavy (non-hydrogen) atoms. The van der Waals surface area contributed by atoms with Gasteiger partial charge in [0, 0.05) is 0 Å². The average Bonchev–Trinajstić information content (AvgIpc) is 2.37. The van der Waals surface area contributed by atoms with E-state index >= 15 is 0 Å². The van der Waals surface area contributed by atoms with Crippen molar-refractivity contribution in [3.8, 4) is 18.1 Å². The number of nitrogens with one attached hydrogen (secondary N) is 1. The van der Waals surface area contributed by atoms with E-state index in [2.05, 4.69) is 11.2 Å². The Labute approximate surface area is 108 Å². The maximum atomic E-state index is 12.1. The van der Waals surface area contributed by atoms with Crippen molar-refractivity contribution in [2.75, 3.05) is 6.61 Å². The average molecular weight is 243 g/mol. The molecule has 0 aliphatic carbocycles. The number of fused-ring (bicyclic) bond motifs is 1. The van der Waals surface area contributed by atoms with Gasteiger partial charge in [-0.15, -0.1) is 6.42 Å². The molecule has 3 nitrogen and oxygen atoms in total. The fourth-order valence-corrected chi connectivity index (χ4v) is 1.94. The summed E-state index contributed by atoms with van der Waals surface area (Å²) < 4.78 is 5.59. The molecule has 0 bridgehead atoms. The number of carbonyl (C=O) groups excluding carboxylic acids is 1. The van der Waals surface area contributed by atoms with E-state index in [9.17, 15) is 4.79 Å². The van der Waals surface area contributed by atoms with Crippen molar-refractivity contribution in [1.29, 1.82) is 0 Å². The van der Waals surface area contributed by atoms with Gasteiger partial charge in [-0.3, -0.25) is 4.79 Å². The van der Waals surface area contributed by atoms with E-state index in [1.165, 1.54) is 0 Å². The van der Waals surface area contributed by atoms with Crippen LogP contribution in [0.15, 0.2) is 24.3 Å². The molecule has 1 aromatic carbocycles. The van der Waals surface area contributed by atoms with E-state index in [0.29, 0.717) is 13.0 Å². The van der Waals surface area contributed by atoms with E-state index in [1.54, 1.807) is 0 Å². The predicted molar refractivity (Wildman–Crippen MR) is 70.2 cm³/mol. The monoisotopic (exact) mass is 243 g/mol. The summed E-state index contributed by atoms with van der Waals surface area (Å²) in [7, 11) is 0. The molecule has 2 rings (SSSR count). The standard InChI is InChI=1S/C15H17NO2/c1-4-15(2,3)16-14(17)12-9-11-7-5-6-8-13(11)18-10-12/h1,5-8,12H,9-10H2,2-3H3,(H,16,17). The molecule has 0 fully saturated rings. The Morgan fingerprint density at radius 1 is 1.50 bits per heavy atom. The molecule has 1 N–H and O–H groups in total. The van der Waals surface area contributed by atoms with Crippen LogP contribution in [0.25, 0.3) is 0 Å². The van der Waals surface area contributed by atoms with Crippen molar-refractivity contribution in [3.05, 3.63) is 29.8 Å². The number of ether oxygens (including phenoxy) is 1. The Hall–Kier alpha value is -1.95. The first kappa shape index (κ1) is 12.5. The summed E-state index contributed by atoms with van der Waals surface area (Å²) >= 11 is 0. The van der Waals surface area contributed by atoms with Gasteiger partial charge in [0.05, 0.1) is 11.5 Å². The normalized spacial score (nSPS) is 18.2. The van der Waals surface area contributed by atoms with Crippen LogP contribution in [0.3, 0.4) is 0 Å². The summed E-state index contributed by atoms with van der Waals surface area (Å²) in [6, 6.07) is 7.80. The highest BCUT2D eigenvalue weighted by Crippen LogP contribution is 2.27. The van der Waals surface area contributed by atoms with Crippen LogP contribution in [0.1, 0.15) is 19.4 Å². The van der Waals surface area contributed by atoms with Gasteiger partial charge in [0.25, 0.3) is 0 Å². The highest BCUT2D eigenvalue weighted by Gasteiger charge is 2.28. The van der Waals surface area contributed by atoms with Gasteiger partial charge in [0.2, 0.25) is 5.91 Å². The highest BCUT2D eigenvalue weighted by atomic mass is 16.5. The summed E-state index contributed by atoms with van der Waals surface area (Å²) in [5, 5.41) is 2.85. The maximum absolute atomic E-state index is 12.1. The third kappa shape index (κ3) is 2.65. The van der Waals surface area contributed by atoms with Crippen molar-refractivity contribution >= 4 is 5.91 Å². The molecular weight excluding hydrogens is 226 g/mol. The van der Waals surface area contributed by atoms with Crippen molar-refractivity contribution in [3.63, 3.8) is 0 Å². The quantitative estimate of drug-likeness (QED) is 0.804. The molecule has 0 radical (unpaired) electrons. The third-order valence-electron chi connectivity index (χ3n) is 3.05. The summed E-state index contributed by atoms with van der Waals surface area (Å²) in [4.78, 5) is 12.1. The molecular formula is C15H17NO2. The summed E-state index contributed by atoms with van der Waals surface area (Å²) in [6.45, 7) is 4.02. The van der Waals surface area contributed by atoms with E-state index < -0.39 is 5.54 Å². The van der Waals surface area contributed by atoms with Gasteiger partial charge < -0.3 is 10.1 Å². The minimum Gasteiger partial charge on any atom is -0.492 e. The minimum atomic E-state index is -0.617. The second kappa shape index (κ2) is 4.73. The lowest BCUT2D eigenvalue weighted by Gasteiger charge is -2.27. The van der Waals surface area contributed by atoms with Gasteiger partial charge in [-0.05, 0) is 31.9 Å². The summed E-state index contributed by atoms with van der Waals surface area (Å²) in [5.41, 5.74) is 0.455. The van der Waals surface area contributed by atoms with Crippen LogP contribution in [0, 0.1) is 18.3 Å². The van der Waals surface area contributed by atoms with E-state index in [1.807, 2.05) is 38.1 Å². The summed E-state index contributed by atoms with van der Waals surface area (Å²) in [6.07, 6.45) is 6.06. The molecule has 1 amide bonds. The fraction of sp³-hybridized carbons (Fsp3) is 0.400. The zero-order valence-electron chi connectivity index (χ0n) is 10.7.